The maximum atomic E-state index is 8.93. The maximum absolute atomic E-state index is 8.93. The van der Waals surface area contributed by atoms with Gasteiger partial charge in [0, 0.05) is 12.2 Å². The second-order valence-electron chi connectivity index (χ2n) is 4.09. The molecule has 1 aliphatic carbocycles. The van der Waals surface area contributed by atoms with Crippen LogP contribution in [0.4, 0.5) is 11.4 Å². The van der Waals surface area contributed by atoms with Gasteiger partial charge in [-0.05, 0) is 37.0 Å². The van der Waals surface area contributed by atoms with Gasteiger partial charge in [-0.15, -0.1) is 0 Å². The van der Waals surface area contributed by atoms with E-state index in [9.17, 15) is 0 Å². The monoisotopic (exact) mass is 201 g/mol. The molecule has 0 aliphatic heterocycles. The summed E-state index contributed by atoms with van der Waals surface area (Å²) >= 11 is 0. The van der Waals surface area contributed by atoms with Gasteiger partial charge in [0.15, 0.2) is 0 Å². The molecular formula is C12H15N3. The molecule has 1 saturated carbocycles. The molecule has 0 amide bonds. The zero-order valence-corrected chi connectivity index (χ0v) is 8.66. The summed E-state index contributed by atoms with van der Waals surface area (Å²) in [6.07, 6.45) is 3.97. The Balaban J connectivity index is 2.03. The van der Waals surface area contributed by atoms with Gasteiger partial charge < -0.3 is 11.1 Å². The number of benzene rings is 1. The number of hydrogen-bond acceptors (Lipinski definition) is 3. The first kappa shape index (κ1) is 9.85. The molecule has 0 heterocycles. The normalized spacial score (nSPS) is 15.4. The predicted molar refractivity (Wildman–Crippen MR) is 61.4 cm³/mol. The lowest BCUT2D eigenvalue weighted by atomic mass is 9.85. The average Bonchev–Trinajstić information content (AvgIpc) is 2.17. The first-order chi connectivity index (χ1) is 7.29. The van der Waals surface area contributed by atoms with Crippen molar-refractivity contribution >= 4 is 11.4 Å². The van der Waals surface area contributed by atoms with E-state index >= 15 is 0 Å². The topological polar surface area (TPSA) is 61.8 Å². The standard InChI is InChI=1S/C12H15N3/c13-7-10-6-11(14)4-5-12(10)15-8-9-2-1-3-9/h4-6,9,15H,1-3,8,14H2. The van der Waals surface area contributed by atoms with Crippen molar-refractivity contribution in [2.45, 2.75) is 19.3 Å². The molecule has 0 bridgehead atoms. The molecule has 3 N–H and O–H groups in total. The minimum Gasteiger partial charge on any atom is -0.399 e. The molecular weight excluding hydrogens is 186 g/mol. The van der Waals surface area contributed by atoms with Crippen molar-refractivity contribution in [2.24, 2.45) is 5.92 Å². The molecule has 1 aromatic carbocycles. The van der Waals surface area contributed by atoms with Crippen molar-refractivity contribution in [1.29, 1.82) is 5.26 Å². The van der Waals surface area contributed by atoms with Crippen LogP contribution in [0.2, 0.25) is 0 Å². The van der Waals surface area contributed by atoms with E-state index in [1.807, 2.05) is 12.1 Å². The van der Waals surface area contributed by atoms with Crippen LogP contribution in [0.1, 0.15) is 24.8 Å². The Morgan fingerprint density at radius 2 is 2.27 bits per heavy atom. The number of anilines is 2. The third-order valence-corrected chi connectivity index (χ3v) is 2.97. The summed E-state index contributed by atoms with van der Waals surface area (Å²) in [5.74, 6) is 0.786. The highest BCUT2D eigenvalue weighted by Gasteiger charge is 2.17. The van der Waals surface area contributed by atoms with E-state index in [4.69, 9.17) is 11.0 Å². The van der Waals surface area contributed by atoms with E-state index in [0.29, 0.717) is 11.3 Å². The Kier molecular flexibility index (Phi) is 2.77. The predicted octanol–water partition coefficient (Wildman–Crippen LogP) is 2.35. The Bertz CT molecular complexity index is 388. The van der Waals surface area contributed by atoms with Crippen LogP contribution >= 0.6 is 0 Å². The summed E-state index contributed by atoms with van der Waals surface area (Å²) in [7, 11) is 0. The highest BCUT2D eigenvalue weighted by Crippen LogP contribution is 2.27. The molecule has 3 heteroatoms. The summed E-state index contributed by atoms with van der Waals surface area (Å²) < 4.78 is 0. The molecule has 0 atom stereocenters. The van der Waals surface area contributed by atoms with E-state index in [0.717, 1.165) is 18.2 Å². The average molecular weight is 201 g/mol. The van der Waals surface area contributed by atoms with Crippen LogP contribution < -0.4 is 11.1 Å². The van der Waals surface area contributed by atoms with Gasteiger partial charge >= 0.3 is 0 Å². The van der Waals surface area contributed by atoms with E-state index < -0.39 is 0 Å². The van der Waals surface area contributed by atoms with Gasteiger partial charge in [0.1, 0.15) is 6.07 Å². The summed E-state index contributed by atoms with van der Waals surface area (Å²) in [4.78, 5) is 0. The summed E-state index contributed by atoms with van der Waals surface area (Å²) in [5.41, 5.74) is 7.79. The Hall–Kier alpha value is -1.69. The quantitative estimate of drug-likeness (QED) is 0.738. The number of nitrogens with one attached hydrogen (secondary N) is 1. The van der Waals surface area contributed by atoms with Crippen molar-refractivity contribution in [3.05, 3.63) is 23.8 Å². The van der Waals surface area contributed by atoms with Crippen molar-refractivity contribution < 1.29 is 0 Å². The fraction of sp³-hybridized carbons (Fsp3) is 0.417. The number of rotatable bonds is 3. The number of nitrogens with zero attached hydrogens (tertiary/aromatic N) is 1. The van der Waals surface area contributed by atoms with Crippen LogP contribution in [0.15, 0.2) is 18.2 Å². The van der Waals surface area contributed by atoms with E-state index in [1.54, 1.807) is 6.07 Å². The smallest absolute Gasteiger partial charge is 0.101 e. The van der Waals surface area contributed by atoms with Gasteiger partial charge in [-0.2, -0.15) is 5.26 Å². The van der Waals surface area contributed by atoms with Crippen LogP contribution in [0.5, 0.6) is 0 Å². The molecule has 2 rings (SSSR count). The van der Waals surface area contributed by atoms with Crippen molar-refractivity contribution in [2.75, 3.05) is 17.6 Å². The van der Waals surface area contributed by atoms with Gasteiger partial charge in [0.2, 0.25) is 0 Å². The number of hydrogen-bond donors (Lipinski definition) is 2. The van der Waals surface area contributed by atoms with Gasteiger partial charge in [0.05, 0.1) is 11.3 Å². The Morgan fingerprint density at radius 3 is 2.87 bits per heavy atom. The van der Waals surface area contributed by atoms with Gasteiger partial charge in [-0.25, -0.2) is 0 Å². The second-order valence-corrected chi connectivity index (χ2v) is 4.09. The highest BCUT2D eigenvalue weighted by atomic mass is 14.9. The lowest BCUT2D eigenvalue weighted by Gasteiger charge is -2.26. The van der Waals surface area contributed by atoms with Crippen molar-refractivity contribution in [1.82, 2.24) is 0 Å². The number of nitrogens with two attached hydrogens (primary N) is 1. The minimum atomic E-state index is 0.634. The maximum Gasteiger partial charge on any atom is 0.101 e. The largest absolute Gasteiger partial charge is 0.399 e. The summed E-state index contributed by atoms with van der Waals surface area (Å²) in [6, 6.07) is 7.57. The molecule has 1 aromatic rings. The fourth-order valence-corrected chi connectivity index (χ4v) is 1.76. The Morgan fingerprint density at radius 1 is 1.47 bits per heavy atom. The van der Waals surface area contributed by atoms with Crippen LogP contribution in [0, 0.1) is 17.2 Å². The zero-order chi connectivity index (χ0) is 10.7. The molecule has 0 radical (unpaired) electrons. The van der Waals surface area contributed by atoms with E-state index in [-0.39, 0.29) is 0 Å². The molecule has 78 valence electrons. The summed E-state index contributed by atoms with van der Waals surface area (Å²) in [5, 5.41) is 12.2. The first-order valence-corrected chi connectivity index (χ1v) is 5.33. The first-order valence-electron chi connectivity index (χ1n) is 5.33. The molecule has 3 nitrogen and oxygen atoms in total. The lowest BCUT2D eigenvalue weighted by Crippen LogP contribution is -2.21. The van der Waals surface area contributed by atoms with Gasteiger partial charge in [-0.3, -0.25) is 0 Å². The molecule has 1 aliphatic rings. The molecule has 15 heavy (non-hydrogen) atoms. The molecule has 0 spiro atoms. The van der Waals surface area contributed by atoms with Crippen LogP contribution in [0.25, 0.3) is 0 Å². The highest BCUT2D eigenvalue weighted by molar-refractivity contribution is 5.62. The number of nitriles is 1. The number of nitrogen functional groups attached to an aromatic ring is 1. The minimum absolute atomic E-state index is 0.634. The van der Waals surface area contributed by atoms with Gasteiger partial charge in [-0.1, -0.05) is 6.42 Å². The molecule has 0 unspecified atom stereocenters. The lowest BCUT2D eigenvalue weighted by molar-refractivity contribution is 0.333. The third kappa shape index (κ3) is 2.21. The third-order valence-electron chi connectivity index (χ3n) is 2.97. The van der Waals surface area contributed by atoms with Crippen molar-refractivity contribution in [3.8, 4) is 6.07 Å². The fourth-order valence-electron chi connectivity index (χ4n) is 1.76. The molecule has 0 saturated heterocycles. The van der Waals surface area contributed by atoms with Crippen LogP contribution in [-0.4, -0.2) is 6.54 Å². The van der Waals surface area contributed by atoms with E-state index in [1.165, 1.54) is 19.3 Å². The van der Waals surface area contributed by atoms with Crippen LogP contribution in [-0.2, 0) is 0 Å². The summed E-state index contributed by atoms with van der Waals surface area (Å²) in [6.45, 7) is 0.971. The van der Waals surface area contributed by atoms with Crippen LogP contribution in [0.3, 0.4) is 0 Å². The second kappa shape index (κ2) is 4.22. The molecule has 1 fully saturated rings. The Labute approximate surface area is 89.9 Å². The zero-order valence-electron chi connectivity index (χ0n) is 8.66. The SMILES string of the molecule is N#Cc1cc(N)ccc1NCC1CCC1. The van der Waals surface area contributed by atoms with E-state index in [2.05, 4.69) is 11.4 Å². The molecule has 0 aromatic heterocycles. The van der Waals surface area contributed by atoms with Gasteiger partial charge in [0.25, 0.3) is 0 Å². The van der Waals surface area contributed by atoms with Crippen molar-refractivity contribution in [3.63, 3.8) is 0 Å².